The summed E-state index contributed by atoms with van der Waals surface area (Å²) in [6, 6.07) is 4.00. The van der Waals surface area contributed by atoms with Gasteiger partial charge < -0.3 is 16.0 Å². The standard InChI is InChI=1S/C22H25F2N5O3/c1-13(20(31)28-19-8-22(19,23)24)10-29-12-27-18-5-4-14(7-17(18)21(29)32)15(9-25-2)6-16(11-30)26-3/h4-7,9,11-13,19,25-26H,8,10H2,1-3H3,(H,28,31). The van der Waals surface area contributed by atoms with Gasteiger partial charge in [-0.3, -0.25) is 19.0 Å². The topological polar surface area (TPSA) is 105 Å². The summed E-state index contributed by atoms with van der Waals surface area (Å²) >= 11 is 0. The number of carbonyl (C=O) groups is 2. The van der Waals surface area contributed by atoms with Crippen molar-refractivity contribution in [3.05, 3.63) is 58.4 Å². The molecule has 2 aromatic rings. The van der Waals surface area contributed by atoms with E-state index in [4.69, 9.17) is 0 Å². The number of hydrogen-bond acceptors (Lipinski definition) is 6. The summed E-state index contributed by atoms with van der Waals surface area (Å²) in [6.07, 6.45) is 5.00. The number of allylic oxidation sites excluding steroid dienone is 3. The molecule has 1 saturated carbocycles. The first-order valence-electron chi connectivity index (χ1n) is 10.1. The Labute approximate surface area is 183 Å². The molecule has 170 valence electrons. The fourth-order valence-electron chi connectivity index (χ4n) is 3.23. The molecule has 2 atom stereocenters. The molecule has 1 fully saturated rings. The molecule has 0 saturated heterocycles. The molecule has 1 aromatic carbocycles. The third kappa shape index (κ3) is 5.01. The molecular weight excluding hydrogens is 420 g/mol. The molecule has 8 nitrogen and oxygen atoms in total. The molecule has 0 radical (unpaired) electrons. The van der Waals surface area contributed by atoms with E-state index in [1.807, 2.05) is 0 Å². The van der Waals surface area contributed by atoms with Crippen LogP contribution in [0.25, 0.3) is 16.5 Å². The maximum atomic E-state index is 13.1. The highest BCUT2D eigenvalue weighted by Gasteiger charge is 2.58. The minimum absolute atomic E-state index is 0.00425. The minimum atomic E-state index is -2.85. The molecular formula is C22H25F2N5O3. The summed E-state index contributed by atoms with van der Waals surface area (Å²) in [5.41, 5.74) is 1.82. The number of halogens is 2. The number of likely N-dealkylation sites (N-methyl/N-ethyl adjacent to an activating group) is 1. The van der Waals surface area contributed by atoms with Gasteiger partial charge in [0.05, 0.1) is 34.9 Å². The lowest BCUT2D eigenvalue weighted by Gasteiger charge is -2.14. The van der Waals surface area contributed by atoms with Crippen LogP contribution in [0.5, 0.6) is 0 Å². The van der Waals surface area contributed by atoms with E-state index in [0.29, 0.717) is 34.0 Å². The van der Waals surface area contributed by atoms with Crippen LogP contribution in [0.1, 0.15) is 18.9 Å². The molecule has 1 heterocycles. The Hall–Kier alpha value is -3.56. The first-order valence-corrected chi connectivity index (χ1v) is 10.1. The van der Waals surface area contributed by atoms with Crippen molar-refractivity contribution in [3.8, 4) is 0 Å². The van der Waals surface area contributed by atoms with Crippen LogP contribution < -0.4 is 21.5 Å². The zero-order valence-electron chi connectivity index (χ0n) is 18.0. The Balaban J connectivity index is 1.89. The van der Waals surface area contributed by atoms with Crippen LogP contribution in [0.2, 0.25) is 0 Å². The molecule has 32 heavy (non-hydrogen) atoms. The van der Waals surface area contributed by atoms with Crippen molar-refractivity contribution >= 4 is 28.7 Å². The zero-order valence-corrected chi connectivity index (χ0v) is 18.0. The molecule has 0 aliphatic heterocycles. The lowest BCUT2D eigenvalue weighted by molar-refractivity contribution is -0.125. The average Bonchev–Trinajstić information content (AvgIpc) is 3.38. The van der Waals surface area contributed by atoms with Crippen LogP contribution in [-0.4, -0.2) is 47.8 Å². The number of fused-ring (bicyclic) bond motifs is 1. The molecule has 1 aliphatic rings. The number of rotatable bonds is 9. The monoisotopic (exact) mass is 445 g/mol. The Morgan fingerprint density at radius 2 is 2.09 bits per heavy atom. The highest BCUT2D eigenvalue weighted by molar-refractivity contribution is 5.87. The van der Waals surface area contributed by atoms with E-state index < -0.39 is 23.8 Å². The van der Waals surface area contributed by atoms with Crippen molar-refractivity contribution in [2.24, 2.45) is 5.92 Å². The number of aromatic nitrogens is 2. The van der Waals surface area contributed by atoms with E-state index in [0.717, 1.165) is 0 Å². The Morgan fingerprint density at radius 3 is 2.69 bits per heavy atom. The van der Waals surface area contributed by atoms with E-state index in [2.05, 4.69) is 20.9 Å². The molecule has 3 rings (SSSR count). The highest BCUT2D eigenvalue weighted by atomic mass is 19.3. The summed E-state index contributed by atoms with van der Waals surface area (Å²) < 4.78 is 27.4. The second kappa shape index (κ2) is 9.29. The Kier molecular flexibility index (Phi) is 6.71. The smallest absolute Gasteiger partial charge is 0.270 e. The van der Waals surface area contributed by atoms with Crippen molar-refractivity contribution in [2.45, 2.75) is 31.9 Å². The minimum Gasteiger partial charge on any atom is -0.393 e. The average molecular weight is 445 g/mol. The molecule has 0 bridgehead atoms. The van der Waals surface area contributed by atoms with E-state index in [9.17, 15) is 23.2 Å². The number of benzene rings is 1. The molecule has 1 aromatic heterocycles. The number of alkyl halides is 2. The van der Waals surface area contributed by atoms with Crippen molar-refractivity contribution < 1.29 is 18.4 Å². The van der Waals surface area contributed by atoms with Crippen LogP contribution >= 0.6 is 0 Å². The summed E-state index contributed by atoms with van der Waals surface area (Å²) in [5.74, 6) is -4.08. The van der Waals surface area contributed by atoms with Crippen molar-refractivity contribution in [2.75, 3.05) is 14.1 Å². The predicted molar refractivity (Wildman–Crippen MR) is 117 cm³/mol. The normalized spacial score (nSPS) is 18.7. The second-order valence-corrected chi connectivity index (χ2v) is 7.72. The van der Waals surface area contributed by atoms with Crippen LogP contribution in [0.3, 0.4) is 0 Å². The largest absolute Gasteiger partial charge is 0.393 e. The van der Waals surface area contributed by atoms with Gasteiger partial charge in [0.2, 0.25) is 5.91 Å². The van der Waals surface area contributed by atoms with Crippen LogP contribution in [-0.2, 0) is 16.1 Å². The lowest BCUT2D eigenvalue weighted by Crippen LogP contribution is -2.37. The summed E-state index contributed by atoms with van der Waals surface area (Å²) in [4.78, 5) is 40.7. The molecule has 1 aliphatic carbocycles. The molecule has 0 spiro atoms. The van der Waals surface area contributed by atoms with Crippen molar-refractivity contribution in [3.63, 3.8) is 0 Å². The highest BCUT2D eigenvalue weighted by Crippen LogP contribution is 2.41. The number of nitrogens with zero attached hydrogens (tertiary/aromatic N) is 2. The molecule has 1 amide bonds. The van der Waals surface area contributed by atoms with E-state index in [1.54, 1.807) is 51.5 Å². The van der Waals surface area contributed by atoms with E-state index in [-0.39, 0.29) is 18.5 Å². The number of hydrogen-bond donors (Lipinski definition) is 3. The van der Waals surface area contributed by atoms with Gasteiger partial charge in [0.1, 0.15) is 0 Å². The van der Waals surface area contributed by atoms with Gasteiger partial charge in [0.15, 0.2) is 6.29 Å². The fourth-order valence-corrected chi connectivity index (χ4v) is 3.23. The maximum Gasteiger partial charge on any atom is 0.270 e. The van der Waals surface area contributed by atoms with Gasteiger partial charge in [0, 0.05) is 33.3 Å². The third-order valence-electron chi connectivity index (χ3n) is 5.24. The summed E-state index contributed by atoms with van der Waals surface area (Å²) in [7, 11) is 3.34. The number of nitrogens with one attached hydrogen (secondary N) is 3. The first-order chi connectivity index (χ1) is 15.2. The summed E-state index contributed by atoms with van der Waals surface area (Å²) in [6.45, 7) is 1.57. The molecule has 10 heteroatoms. The van der Waals surface area contributed by atoms with Gasteiger partial charge in [-0.25, -0.2) is 13.8 Å². The van der Waals surface area contributed by atoms with E-state index >= 15 is 0 Å². The zero-order chi connectivity index (χ0) is 23.5. The fraction of sp³-hybridized carbons (Fsp3) is 0.364. The molecule has 3 N–H and O–H groups in total. The first kappa shape index (κ1) is 23.1. The van der Waals surface area contributed by atoms with Gasteiger partial charge >= 0.3 is 0 Å². The SMILES string of the molecule is CNC=C(C=C(C=O)NC)c1ccc2ncn(CC(C)C(=O)NC3CC3(F)F)c(=O)c2c1. The van der Waals surface area contributed by atoms with Gasteiger partial charge in [-0.1, -0.05) is 13.0 Å². The van der Waals surface area contributed by atoms with Crippen LogP contribution in [0, 0.1) is 5.92 Å². The van der Waals surface area contributed by atoms with Crippen molar-refractivity contribution in [1.82, 2.24) is 25.5 Å². The number of carbonyl (C=O) groups excluding carboxylic acids is 2. The van der Waals surface area contributed by atoms with E-state index in [1.165, 1.54) is 10.9 Å². The quantitative estimate of drug-likeness (QED) is 0.306. The molecule has 2 unspecified atom stereocenters. The predicted octanol–water partition coefficient (Wildman–Crippen LogP) is 1.42. The number of amides is 1. The van der Waals surface area contributed by atoms with Crippen LogP contribution in [0.15, 0.2) is 47.3 Å². The second-order valence-electron chi connectivity index (χ2n) is 7.72. The van der Waals surface area contributed by atoms with Gasteiger partial charge in [-0.2, -0.15) is 0 Å². The summed E-state index contributed by atoms with van der Waals surface area (Å²) in [5, 5.41) is 8.34. The van der Waals surface area contributed by atoms with Crippen LogP contribution in [0.4, 0.5) is 8.78 Å². The van der Waals surface area contributed by atoms with Gasteiger partial charge in [-0.15, -0.1) is 0 Å². The maximum absolute atomic E-state index is 13.1. The Morgan fingerprint density at radius 1 is 1.38 bits per heavy atom. The third-order valence-corrected chi connectivity index (χ3v) is 5.24. The number of aldehydes is 1. The van der Waals surface area contributed by atoms with Gasteiger partial charge in [-0.05, 0) is 29.3 Å². The van der Waals surface area contributed by atoms with Crippen molar-refractivity contribution in [1.29, 1.82) is 0 Å². The Bertz CT molecular complexity index is 1160. The van der Waals surface area contributed by atoms with Gasteiger partial charge in [0.25, 0.3) is 11.5 Å². The lowest BCUT2D eigenvalue weighted by atomic mass is 10.0.